The van der Waals surface area contributed by atoms with Crippen LogP contribution < -0.4 is 25.8 Å². The Hall–Kier alpha value is -3.36. The highest BCUT2D eigenvalue weighted by Gasteiger charge is 2.35. The fourth-order valence-corrected chi connectivity index (χ4v) is 4.25. The highest BCUT2D eigenvalue weighted by atomic mass is 16.5. The summed E-state index contributed by atoms with van der Waals surface area (Å²) in [7, 11) is 1.52. The second kappa shape index (κ2) is 8.41. The molecule has 0 spiro atoms. The van der Waals surface area contributed by atoms with Gasteiger partial charge in [0.15, 0.2) is 0 Å². The zero-order valence-corrected chi connectivity index (χ0v) is 17.9. The van der Waals surface area contributed by atoms with Crippen LogP contribution in [-0.4, -0.2) is 42.0 Å². The van der Waals surface area contributed by atoms with Crippen LogP contribution in [0.3, 0.4) is 0 Å². The zero-order chi connectivity index (χ0) is 22.1. The number of nitrogens with one attached hydrogen (secondary N) is 3. The van der Waals surface area contributed by atoms with E-state index in [2.05, 4.69) is 27.5 Å². The lowest BCUT2D eigenvalue weighted by molar-refractivity contribution is -0.123. The van der Waals surface area contributed by atoms with Gasteiger partial charge in [-0.15, -0.1) is 0 Å². The van der Waals surface area contributed by atoms with Gasteiger partial charge in [-0.2, -0.15) is 4.98 Å². The summed E-state index contributed by atoms with van der Waals surface area (Å²) < 4.78 is 5.31. The summed E-state index contributed by atoms with van der Waals surface area (Å²) in [6, 6.07) is 5.41. The van der Waals surface area contributed by atoms with Crippen LogP contribution in [0.15, 0.2) is 23.0 Å². The average molecular weight is 425 g/mol. The van der Waals surface area contributed by atoms with Gasteiger partial charge in [0.2, 0.25) is 17.8 Å². The summed E-state index contributed by atoms with van der Waals surface area (Å²) in [5.41, 5.74) is 1.20. The van der Waals surface area contributed by atoms with Gasteiger partial charge in [-0.05, 0) is 43.4 Å². The molecule has 2 amide bonds. The maximum absolute atomic E-state index is 13.1. The lowest BCUT2D eigenvalue weighted by Gasteiger charge is -2.32. The van der Waals surface area contributed by atoms with Crippen molar-refractivity contribution < 1.29 is 14.3 Å². The number of piperidine rings is 1. The standard InChI is InChI=1S/C22H27N5O4/c1-12-6-7-16(31-3)15(9-12)23-20(29)14-10-17(28)24-19-18(14)21(30)26-22(25-19)27-8-4-5-13(2)11-27/h6-7,9,13-14H,4-5,8,10-11H2,1-3H3,(H,23,29)(H2,24,25,26,28,30)/t13-,14+/m0/s1. The topological polar surface area (TPSA) is 116 Å². The van der Waals surface area contributed by atoms with E-state index in [0.717, 1.165) is 31.5 Å². The van der Waals surface area contributed by atoms with E-state index in [1.165, 1.54) is 7.11 Å². The number of aryl methyl sites for hydroxylation is 1. The van der Waals surface area contributed by atoms with Crippen LogP contribution in [0.2, 0.25) is 0 Å². The Morgan fingerprint density at radius 1 is 1.32 bits per heavy atom. The summed E-state index contributed by atoms with van der Waals surface area (Å²) in [5, 5.41) is 5.48. The Balaban J connectivity index is 1.66. The summed E-state index contributed by atoms with van der Waals surface area (Å²) in [6.45, 7) is 5.63. The maximum Gasteiger partial charge on any atom is 0.258 e. The van der Waals surface area contributed by atoms with E-state index in [9.17, 15) is 14.4 Å². The molecule has 164 valence electrons. The number of hydrogen-bond donors (Lipinski definition) is 3. The third kappa shape index (κ3) is 4.26. The number of benzene rings is 1. The first kappa shape index (κ1) is 20.9. The molecule has 2 aliphatic heterocycles. The molecule has 0 aliphatic carbocycles. The van der Waals surface area contributed by atoms with Gasteiger partial charge in [0.05, 0.1) is 24.3 Å². The summed E-state index contributed by atoms with van der Waals surface area (Å²) in [6.07, 6.45) is 2.02. The maximum atomic E-state index is 13.1. The van der Waals surface area contributed by atoms with Crippen LogP contribution in [0, 0.1) is 12.8 Å². The zero-order valence-electron chi connectivity index (χ0n) is 17.9. The van der Waals surface area contributed by atoms with Crippen molar-refractivity contribution in [3.63, 3.8) is 0 Å². The van der Waals surface area contributed by atoms with Gasteiger partial charge in [-0.3, -0.25) is 19.4 Å². The van der Waals surface area contributed by atoms with E-state index in [1.807, 2.05) is 17.9 Å². The quantitative estimate of drug-likeness (QED) is 0.693. The molecule has 9 nitrogen and oxygen atoms in total. The number of fused-ring (bicyclic) bond motifs is 1. The Morgan fingerprint density at radius 3 is 2.87 bits per heavy atom. The number of ether oxygens (including phenoxy) is 1. The molecular formula is C22H27N5O4. The molecule has 1 saturated heterocycles. The predicted octanol–water partition coefficient (Wildman–Crippen LogP) is 2.39. The number of H-pyrrole nitrogens is 1. The number of nitrogens with zero attached hydrogens (tertiary/aromatic N) is 2. The Bertz CT molecular complexity index is 1080. The smallest absolute Gasteiger partial charge is 0.258 e. The monoisotopic (exact) mass is 425 g/mol. The summed E-state index contributed by atoms with van der Waals surface area (Å²) in [5.74, 6) is -0.166. The molecule has 2 aromatic rings. The molecule has 0 saturated carbocycles. The Kier molecular flexibility index (Phi) is 5.67. The van der Waals surface area contributed by atoms with Crippen molar-refractivity contribution in [3.05, 3.63) is 39.7 Å². The number of rotatable bonds is 4. The van der Waals surface area contributed by atoms with Gasteiger partial charge in [-0.25, -0.2) is 0 Å². The number of carbonyl (C=O) groups is 2. The third-order valence-electron chi connectivity index (χ3n) is 5.82. The molecule has 0 radical (unpaired) electrons. The third-order valence-corrected chi connectivity index (χ3v) is 5.82. The highest BCUT2D eigenvalue weighted by molar-refractivity contribution is 6.05. The molecule has 3 heterocycles. The van der Waals surface area contributed by atoms with Crippen molar-refractivity contribution in [3.8, 4) is 5.75 Å². The number of carbonyl (C=O) groups excluding carboxylic acids is 2. The fraction of sp³-hybridized carbons (Fsp3) is 0.455. The number of anilines is 3. The first-order chi connectivity index (χ1) is 14.9. The number of aromatic amines is 1. The number of aromatic nitrogens is 2. The van der Waals surface area contributed by atoms with Crippen LogP contribution in [0.1, 0.15) is 43.2 Å². The van der Waals surface area contributed by atoms with Crippen LogP contribution >= 0.6 is 0 Å². The van der Waals surface area contributed by atoms with Gasteiger partial charge >= 0.3 is 0 Å². The fourth-order valence-electron chi connectivity index (χ4n) is 4.25. The second-order valence-electron chi connectivity index (χ2n) is 8.34. The molecule has 2 aliphatic rings. The lowest BCUT2D eigenvalue weighted by atomic mass is 9.92. The van der Waals surface area contributed by atoms with E-state index in [-0.39, 0.29) is 23.7 Å². The van der Waals surface area contributed by atoms with Crippen LogP contribution in [0.5, 0.6) is 5.75 Å². The first-order valence-corrected chi connectivity index (χ1v) is 10.5. The molecule has 1 aromatic carbocycles. The molecular weight excluding hydrogens is 398 g/mol. The summed E-state index contributed by atoms with van der Waals surface area (Å²) in [4.78, 5) is 47.8. The van der Waals surface area contributed by atoms with Gasteiger partial charge in [0.1, 0.15) is 11.6 Å². The molecule has 3 N–H and O–H groups in total. The van der Waals surface area contributed by atoms with E-state index in [1.54, 1.807) is 12.1 Å². The number of methoxy groups -OCH3 is 1. The van der Waals surface area contributed by atoms with E-state index in [4.69, 9.17) is 4.74 Å². The molecule has 31 heavy (non-hydrogen) atoms. The minimum Gasteiger partial charge on any atom is -0.495 e. The van der Waals surface area contributed by atoms with Crippen molar-refractivity contribution in [2.24, 2.45) is 5.92 Å². The molecule has 2 atom stereocenters. The normalized spacial score (nSPS) is 20.6. The van der Waals surface area contributed by atoms with E-state index in [0.29, 0.717) is 23.3 Å². The van der Waals surface area contributed by atoms with E-state index >= 15 is 0 Å². The van der Waals surface area contributed by atoms with Gasteiger partial charge in [-0.1, -0.05) is 13.0 Å². The minimum absolute atomic E-state index is 0.127. The molecule has 1 aromatic heterocycles. The second-order valence-corrected chi connectivity index (χ2v) is 8.34. The van der Waals surface area contributed by atoms with Crippen molar-refractivity contribution in [1.29, 1.82) is 0 Å². The SMILES string of the molecule is COc1ccc(C)cc1NC(=O)[C@@H]1CC(=O)Nc2nc(N3CCC[C@H](C)C3)[nH]c(=O)c21. The first-order valence-electron chi connectivity index (χ1n) is 10.5. The molecule has 0 unspecified atom stereocenters. The predicted molar refractivity (Wildman–Crippen MR) is 118 cm³/mol. The minimum atomic E-state index is -0.945. The van der Waals surface area contributed by atoms with Crippen molar-refractivity contribution in [2.45, 2.75) is 39.0 Å². The van der Waals surface area contributed by atoms with Gasteiger partial charge < -0.3 is 20.3 Å². The highest BCUT2D eigenvalue weighted by Crippen LogP contribution is 2.32. The molecule has 0 bridgehead atoms. The number of amides is 2. The Labute approximate surface area is 180 Å². The van der Waals surface area contributed by atoms with Crippen molar-refractivity contribution in [2.75, 3.05) is 35.7 Å². The largest absolute Gasteiger partial charge is 0.495 e. The average Bonchev–Trinajstić information content (AvgIpc) is 2.73. The lowest BCUT2D eigenvalue weighted by Crippen LogP contribution is -2.40. The Morgan fingerprint density at radius 2 is 2.13 bits per heavy atom. The van der Waals surface area contributed by atoms with Gasteiger partial charge in [0.25, 0.3) is 5.56 Å². The molecule has 9 heteroatoms. The molecule has 1 fully saturated rings. The number of hydrogen-bond acceptors (Lipinski definition) is 6. The molecule has 4 rings (SSSR count). The van der Waals surface area contributed by atoms with Crippen molar-refractivity contribution in [1.82, 2.24) is 9.97 Å². The van der Waals surface area contributed by atoms with Crippen LogP contribution in [0.4, 0.5) is 17.5 Å². The van der Waals surface area contributed by atoms with Crippen LogP contribution in [0.25, 0.3) is 0 Å². The summed E-state index contributed by atoms with van der Waals surface area (Å²) >= 11 is 0. The van der Waals surface area contributed by atoms with Crippen molar-refractivity contribution >= 4 is 29.3 Å². The van der Waals surface area contributed by atoms with Gasteiger partial charge in [0, 0.05) is 19.5 Å². The van der Waals surface area contributed by atoms with Crippen LogP contribution in [-0.2, 0) is 9.59 Å². The van der Waals surface area contributed by atoms with E-state index < -0.39 is 17.4 Å².